The molecule has 0 saturated carbocycles. The molecule has 2 aromatic heterocycles. The lowest BCUT2D eigenvalue weighted by Gasteiger charge is -2.36. The van der Waals surface area contributed by atoms with Gasteiger partial charge >= 0.3 is 0 Å². The van der Waals surface area contributed by atoms with E-state index in [4.69, 9.17) is 4.42 Å². The number of carbonyl (C=O) groups is 1. The maximum Gasteiger partial charge on any atom is 0.272 e. The molecule has 1 saturated heterocycles. The molecule has 1 fully saturated rings. The SMILES string of the molecule is Cc1ccccc1N1CCN(C(=O)c2cc(-c3ccco3)nn2-c2ccccc2)CC1. The average molecular weight is 412 g/mol. The van der Waals surface area contributed by atoms with Crippen LogP contribution < -0.4 is 4.90 Å². The Morgan fingerprint density at radius 3 is 2.35 bits per heavy atom. The van der Waals surface area contributed by atoms with Crippen molar-refractivity contribution in [2.45, 2.75) is 6.92 Å². The number of aryl methyl sites for hydroxylation is 1. The van der Waals surface area contributed by atoms with Gasteiger partial charge in [0, 0.05) is 37.9 Å². The Kier molecular flexibility index (Phi) is 5.04. The molecule has 0 aliphatic carbocycles. The van der Waals surface area contributed by atoms with E-state index in [2.05, 4.69) is 41.2 Å². The first-order valence-corrected chi connectivity index (χ1v) is 10.5. The van der Waals surface area contributed by atoms with E-state index in [-0.39, 0.29) is 5.91 Å². The van der Waals surface area contributed by atoms with Crippen LogP contribution in [0, 0.1) is 6.92 Å². The summed E-state index contributed by atoms with van der Waals surface area (Å²) in [6, 6.07) is 23.6. The van der Waals surface area contributed by atoms with E-state index >= 15 is 0 Å². The second-order valence-corrected chi connectivity index (χ2v) is 7.71. The standard InChI is InChI=1S/C25H24N4O2/c1-19-8-5-6-11-22(19)27-13-15-28(16-14-27)25(30)23-18-21(24-12-7-17-31-24)26-29(23)20-9-3-2-4-10-20/h2-12,17-18H,13-16H2,1H3. The van der Waals surface area contributed by atoms with Crippen molar-refractivity contribution in [3.05, 3.63) is 90.3 Å². The van der Waals surface area contributed by atoms with Crippen molar-refractivity contribution in [3.63, 3.8) is 0 Å². The number of piperazine rings is 1. The zero-order chi connectivity index (χ0) is 21.2. The molecule has 6 nitrogen and oxygen atoms in total. The smallest absolute Gasteiger partial charge is 0.272 e. The molecule has 0 spiro atoms. The van der Waals surface area contributed by atoms with Crippen LogP contribution in [-0.4, -0.2) is 46.8 Å². The monoisotopic (exact) mass is 412 g/mol. The van der Waals surface area contributed by atoms with Gasteiger partial charge in [0.25, 0.3) is 5.91 Å². The Bertz CT molecular complexity index is 1170. The quantitative estimate of drug-likeness (QED) is 0.498. The minimum absolute atomic E-state index is 0.0152. The number of carbonyl (C=O) groups excluding carboxylic acids is 1. The number of furan rings is 1. The fourth-order valence-corrected chi connectivity index (χ4v) is 4.07. The zero-order valence-electron chi connectivity index (χ0n) is 17.4. The summed E-state index contributed by atoms with van der Waals surface area (Å²) in [5.74, 6) is 0.631. The number of benzene rings is 2. The molecule has 5 rings (SSSR count). The Labute approximate surface area is 181 Å². The molecule has 4 aromatic rings. The average Bonchev–Trinajstić information content (AvgIpc) is 3.50. The van der Waals surface area contributed by atoms with Crippen molar-refractivity contribution in [1.82, 2.24) is 14.7 Å². The maximum atomic E-state index is 13.5. The van der Waals surface area contributed by atoms with Crippen molar-refractivity contribution in [3.8, 4) is 17.1 Å². The summed E-state index contributed by atoms with van der Waals surface area (Å²) in [6.07, 6.45) is 1.61. The van der Waals surface area contributed by atoms with Gasteiger partial charge in [0.05, 0.1) is 12.0 Å². The summed E-state index contributed by atoms with van der Waals surface area (Å²) in [5, 5.41) is 4.68. The summed E-state index contributed by atoms with van der Waals surface area (Å²) in [7, 11) is 0. The van der Waals surface area contributed by atoms with Crippen LogP contribution in [0.5, 0.6) is 0 Å². The van der Waals surface area contributed by atoms with Crippen LogP contribution in [0.2, 0.25) is 0 Å². The number of hydrogen-bond acceptors (Lipinski definition) is 4. The van der Waals surface area contributed by atoms with Crippen LogP contribution in [0.25, 0.3) is 17.1 Å². The van der Waals surface area contributed by atoms with Crippen LogP contribution in [0.15, 0.2) is 83.5 Å². The minimum Gasteiger partial charge on any atom is -0.463 e. The summed E-state index contributed by atoms with van der Waals surface area (Å²) in [6.45, 7) is 5.08. The molecule has 0 N–H and O–H groups in total. The maximum absolute atomic E-state index is 13.5. The molecule has 1 aliphatic heterocycles. The van der Waals surface area contributed by atoms with Crippen LogP contribution in [0.1, 0.15) is 16.1 Å². The lowest BCUT2D eigenvalue weighted by molar-refractivity contribution is 0.0737. The molecule has 0 atom stereocenters. The predicted octanol–water partition coefficient (Wildman–Crippen LogP) is 4.40. The van der Waals surface area contributed by atoms with E-state index in [0.29, 0.717) is 30.2 Å². The Morgan fingerprint density at radius 2 is 1.65 bits per heavy atom. The third-order valence-corrected chi connectivity index (χ3v) is 5.73. The number of hydrogen-bond donors (Lipinski definition) is 0. The van der Waals surface area contributed by atoms with Gasteiger partial charge in [0.15, 0.2) is 5.76 Å². The molecule has 1 amide bonds. The summed E-state index contributed by atoms with van der Waals surface area (Å²) in [5.41, 5.74) is 4.54. The molecule has 0 unspecified atom stereocenters. The van der Waals surface area contributed by atoms with E-state index in [1.807, 2.05) is 53.4 Å². The highest BCUT2D eigenvalue weighted by Gasteiger charge is 2.27. The second kappa shape index (κ2) is 8.14. The Morgan fingerprint density at radius 1 is 0.903 bits per heavy atom. The van der Waals surface area contributed by atoms with Crippen molar-refractivity contribution < 1.29 is 9.21 Å². The topological polar surface area (TPSA) is 54.5 Å². The van der Waals surface area contributed by atoms with Crippen LogP contribution in [0.3, 0.4) is 0 Å². The number of anilines is 1. The van der Waals surface area contributed by atoms with Gasteiger partial charge in [0.2, 0.25) is 0 Å². The Balaban J connectivity index is 1.41. The molecule has 0 radical (unpaired) electrons. The zero-order valence-corrected chi connectivity index (χ0v) is 17.4. The summed E-state index contributed by atoms with van der Waals surface area (Å²) >= 11 is 0. The molecule has 0 bridgehead atoms. The number of nitrogens with zero attached hydrogens (tertiary/aromatic N) is 4. The Hall–Kier alpha value is -3.80. The van der Waals surface area contributed by atoms with Gasteiger partial charge in [-0.2, -0.15) is 5.10 Å². The third-order valence-electron chi connectivity index (χ3n) is 5.73. The predicted molar refractivity (Wildman–Crippen MR) is 121 cm³/mol. The first-order chi connectivity index (χ1) is 15.2. The molecule has 2 aromatic carbocycles. The molecular weight excluding hydrogens is 388 g/mol. The van der Waals surface area contributed by atoms with Crippen molar-refractivity contribution >= 4 is 11.6 Å². The van der Waals surface area contributed by atoms with Gasteiger partial charge in [-0.3, -0.25) is 4.79 Å². The minimum atomic E-state index is -0.0152. The van der Waals surface area contributed by atoms with Gasteiger partial charge in [0.1, 0.15) is 11.4 Å². The highest BCUT2D eigenvalue weighted by Crippen LogP contribution is 2.25. The molecule has 156 valence electrons. The fraction of sp³-hybridized carbons (Fsp3) is 0.200. The number of rotatable bonds is 4. The highest BCUT2D eigenvalue weighted by molar-refractivity contribution is 5.94. The second-order valence-electron chi connectivity index (χ2n) is 7.71. The first-order valence-electron chi connectivity index (χ1n) is 10.5. The van der Waals surface area contributed by atoms with E-state index in [1.54, 1.807) is 10.9 Å². The van der Waals surface area contributed by atoms with Gasteiger partial charge in [-0.05, 0) is 42.8 Å². The van der Waals surface area contributed by atoms with Crippen molar-refractivity contribution in [2.24, 2.45) is 0 Å². The molecule has 31 heavy (non-hydrogen) atoms. The van der Waals surface area contributed by atoms with Gasteiger partial charge in [-0.1, -0.05) is 36.4 Å². The van der Waals surface area contributed by atoms with Crippen molar-refractivity contribution in [1.29, 1.82) is 0 Å². The molecule has 1 aliphatic rings. The summed E-state index contributed by atoms with van der Waals surface area (Å²) in [4.78, 5) is 17.8. The number of amides is 1. The third kappa shape index (κ3) is 3.72. The lowest BCUT2D eigenvalue weighted by Crippen LogP contribution is -2.49. The molecular formula is C25H24N4O2. The number of aromatic nitrogens is 2. The van der Waals surface area contributed by atoms with Crippen LogP contribution in [-0.2, 0) is 0 Å². The van der Waals surface area contributed by atoms with Crippen LogP contribution >= 0.6 is 0 Å². The van der Waals surface area contributed by atoms with E-state index in [9.17, 15) is 4.79 Å². The van der Waals surface area contributed by atoms with E-state index in [1.165, 1.54) is 11.3 Å². The van der Waals surface area contributed by atoms with Crippen LogP contribution in [0.4, 0.5) is 5.69 Å². The molecule has 6 heteroatoms. The van der Waals surface area contributed by atoms with Gasteiger partial charge in [-0.25, -0.2) is 4.68 Å². The highest BCUT2D eigenvalue weighted by atomic mass is 16.3. The van der Waals surface area contributed by atoms with Crippen molar-refractivity contribution in [2.75, 3.05) is 31.1 Å². The fourth-order valence-electron chi connectivity index (χ4n) is 4.07. The number of para-hydroxylation sites is 2. The summed E-state index contributed by atoms with van der Waals surface area (Å²) < 4.78 is 7.23. The van der Waals surface area contributed by atoms with E-state index < -0.39 is 0 Å². The van der Waals surface area contributed by atoms with E-state index in [0.717, 1.165) is 18.8 Å². The normalized spacial score (nSPS) is 14.1. The van der Waals surface area contributed by atoms with Gasteiger partial charge in [-0.15, -0.1) is 0 Å². The molecule has 3 heterocycles. The van der Waals surface area contributed by atoms with Gasteiger partial charge < -0.3 is 14.2 Å². The largest absolute Gasteiger partial charge is 0.463 e. The first kappa shape index (κ1) is 19.2. The lowest BCUT2D eigenvalue weighted by atomic mass is 10.1.